The van der Waals surface area contributed by atoms with Gasteiger partial charge >= 0.3 is 12.2 Å². The van der Waals surface area contributed by atoms with Gasteiger partial charge in [-0.2, -0.15) is 0 Å². The van der Waals surface area contributed by atoms with Crippen molar-refractivity contribution in [2.75, 3.05) is 18.6 Å². The molecule has 2 heterocycles. The number of carbonyl (C=O) groups excluding carboxylic acids is 2. The molecule has 2 aliphatic rings. The van der Waals surface area contributed by atoms with Gasteiger partial charge in [0, 0.05) is 30.2 Å². The number of sulfonamides is 1. The Bertz CT molecular complexity index is 2220. The molecule has 4 aromatic rings. The van der Waals surface area contributed by atoms with Gasteiger partial charge in [0.05, 0.1) is 33.7 Å². The van der Waals surface area contributed by atoms with Gasteiger partial charge < -0.3 is 14.2 Å². The van der Waals surface area contributed by atoms with Gasteiger partial charge in [-0.15, -0.1) is 6.58 Å². The quantitative estimate of drug-likeness (QED) is 0.0892. The first kappa shape index (κ1) is 36.8. The summed E-state index contributed by atoms with van der Waals surface area (Å²) in [6.07, 6.45) is -0.301. The number of rotatable bonds is 10. The van der Waals surface area contributed by atoms with Gasteiger partial charge in [-0.3, -0.25) is 10.1 Å². The molecular formula is C39H38N4O9S. The van der Waals surface area contributed by atoms with Crippen molar-refractivity contribution >= 4 is 45.1 Å². The van der Waals surface area contributed by atoms with Gasteiger partial charge in [-0.1, -0.05) is 60.7 Å². The monoisotopic (exact) mass is 738 g/mol. The Morgan fingerprint density at radius 1 is 1.00 bits per heavy atom. The first-order valence-corrected chi connectivity index (χ1v) is 18.2. The van der Waals surface area contributed by atoms with E-state index in [9.17, 15) is 28.1 Å². The molecule has 0 spiro atoms. The van der Waals surface area contributed by atoms with E-state index in [1.54, 1.807) is 75.4 Å². The van der Waals surface area contributed by atoms with Crippen molar-refractivity contribution in [2.24, 2.45) is 4.99 Å². The van der Waals surface area contributed by atoms with Crippen LogP contribution in [-0.4, -0.2) is 54.9 Å². The Balaban J connectivity index is 1.52. The molecular weight excluding hydrogens is 701 g/mol. The van der Waals surface area contributed by atoms with Crippen molar-refractivity contribution in [3.8, 4) is 5.75 Å². The number of nitro groups is 1. The Labute approximate surface area is 307 Å². The fourth-order valence-corrected chi connectivity index (χ4v) is 8.20. The lowest BCUT2D eigenvalue weighted by atomic mass is 9.64. The van der Waals surface area contributed by atoms with Crippen LogP contribution < -0.4 is 9.64 Å². The van der Waals surface area contributed by atoms with Crippen molar-refractivity contribution in [3.63, 3.8) is 0 Å². The van der Waals surface area contributed by atoms with Crippen LogP contribution in [0.25, 0.3) is 0 Å². The number of para-hydroxylation sites is 1. The van der Waals surface area contributed by atoms with Gasteiger partial charge in [-0.05, 0) is 68.7 Å². The van der Waals surface area contributed by atoms with E-state index in [0.717, 1.165) is 29.8 Å². The molecule has 2 atom stereocenters. The number of aliphatic imine (C=N–C) groups is 1. The lowest BCUT2D eigenvalue weighted by molar-refractivity contribution is -0.384. The number of allylic oxidation sites excluding steroid dienone is 1. The smallest absolute Gasteiger partial charge is 0.424 e. The lowest BCUT2D eigenvalue weighted by Crippen LogP contribution is -2.51. The summed E-state index contributed by atoms with van der Waals surface area (Å²) in [7, 11) is -3.19. The molecule has 0 aliphatic carbocycles. The maximum absolute atomic E-state index is 14.4. The first-order chi connectivity index (χ1) is 25.2. The summed E-state index contributed by atoms with van der Waals surface area (Å²) in [5, 5.41) is 11.4. The Kier molecular flexibility index (Phi) is 9.84. The number of carbonyl (C=O) groups is 2. The standard InChI is InChI=1S/C39H38N4O9S/c1-6-30-29-15-10-11-16-31(29)40-35-39(30,34-32(17-12-18-33(34)50-5)42(35)37(45)52-38(2,3)4)23-24-41(36(44)51-25-26-13-8-7-9-14-26)53(48,49)28-21-19-27(20-22-28)43(46)47/h6-22,30H,1,23-25H2,2-5H3/t30?,39-/m0/s1. The number of fused-ring (bicyclic) bond motifs is 4. The van der Waals surface area contributed by atoms with Crippen LogP contribution in [0.2, 0.25) is 0 Å². The Hall–Kier alpha value is -6.02. The second-order valence-corrected chi connectivity index (χ2v) is 15.3. The van der Waals surface area contributed by atoms with Gasteiger partial charge in [0.25, 0.3) is 15.7 Å². The van der Waals surface area contributed by atoms with E-state index < -0.39 is 50.6 Å². The summed E-state index contributed by atoms with van der Waals surface area (Å²) in [5.74, 6) is 0.0158. The molecule has 0 bridgehead atoms. The summed E-state index contributed by atoms with van der Waals surface area (Å²) < 4.78 is 46.7. The molecule has 53 heavy (non-hydrogen) atoms. The number of anilines is 1. The number of nitro benzene ring substituents is 1. The van der Waals surface area contributed by atoms with Crippen molar-refractivity contribution in [2.45, 2.75) is 55.6 Å². The third-order valence-electron chi connectivity index (χ3n) is 9.12. The van der Waals surface area contributed by atoms with Crippen LogP contribution in [0.3, 0.4) is 0 Å². The third-order valence-corrected chi connectivity index (χ3v) is 10.9. The summed E-state index contributed by atoms with van der Waals surface area (Å²) in [4.78, 5) is 44.9. The molecule has 0 aromatic heterocycles. The van der Waals surface area contributed by atoms with E-state index in [1.807, 2.05) is 24.3 Å². The minimum Gasteiger partial charge on any atom is -0.496 e. The van der Waals surface area contributed by atoms with E-state index in [0.29, 0.717) is 32.6 Å². The van der Waals surface area contributed by atoms with Gasteiger partial charge in [-0.25, -0.2) is 32.2 Å². The maximum Gasteiger partial charge on any atom is 0.424 e. The van der Waals surface area contributed by atoms with Crippen molar-refractivity contribution < 1.29 is 37.1 Å². The molecule has 2 amide bonds. The molecule has 1 unspecified atom stereocenters. The van der Waals surface area contributed by atoms with Crippen LogP contribution in [0.15, 0.2) is 120 Å². The van der Waals surface area contributed by atoms with Crippen LogP contribution in [0.1, 0.15) is 49.8 Å². The predicted molar refractivity (Wildman–Crippen MR) is 198 cm³/mol. The molecule has 0 saturated carbocycles. The number of hydrogen-bond acceptors (Lipinski definition) is 10. The van der Waals surface area contributed by atoms with E-state index >= 15 is 0 Å². The fraction of sp³-hybridized carbons (Fsp3) is 0.256. The number of methoxy groups -OCH3 is 1. The average Bonchev–Trinajstić information content (AvgIpc) is 3.42. The second kappa shape index (κ2) is 14.2. The van der Waals surface area contributed by atoms with Gasteiger partial charge in [0.1, 0.15) is 23.8 Å². The summed E-state index contributed by atoms with van der Waals surface area (Å²) in [5.41, 5.74) is 0.340. The topological polar surface area (TPSA) is 158 Å². The van der Waals surface area contributed by atoms with Gasteiger partial charge in [0.15, 0.2) is 0 Å². The minimum absolute atomic E-state index is 0.129. The molecule has 0 saturated heterocycles. The van der Waals surface area contributed by atoms with E-state index in [-0.39, 0.29) is 29.4 Å². The van der Waals surface area contributed by atoms with Crippen molar-refractivity contribution in [3.05, 3.63) is 137 Å². The zero-order valence-corrected chi connectivity index (χ0v) is 30.4. The molecule has 14 heteroatoms. The number of non-ortho nitro benzene ring substituents is 1. The van der Waals surface area contributed by atoms with Crippen LogP contribution >= 0.6 is 0 Å². The number of amides is 2. The van der Waals surface area contributed by atoms with Crippen LogP contribution in [0, 0.1) is 10.1 Å². The lowest BCUT2D eigenvalue weighted by Gasteiger charge is -2.42. The average molecular weight is 739 g/mol. The molecule has 13 nitrogen and oxygen atoms in total. The number of nitrogens with zero attached hydrogens (tertiary/aromatic N) is 4. The maximum atomic E-state index is 14.4. The third kappa shape index (κ3) is 6.73. The first-order valence-electron chi connectivity index (χ1n) is 16.7. The molecule has 2 aliphatic heterocycles. The Morgan fingerprint density at radius 2 is 1.68 bits per heavy atom. The SMILES string of the molecule is C=CC1c2ccccc2N=C2N(C(=O)OC(C)(C)C)c3cccc(OC)c3[C@@]21CCN(C(=O)OCc1ccccc1)S(=O)(=O)c1ccc([N+](=O)[O-])cc1. The second-order valence-electron chi connectivity index (χ2n) is 13.5. The van der Waals surface area contributed by atoms with Gasteiger partial charge in [0.2, 0.25) is 0 Å². The highest BCUT2D eigenvalue weighted by molar-refractivity contribution is 7.89. The largest absolute Gasteiger partial charge is 0.496 e. The van der Waals surface area contributed by atoms with Crippen LogP contribution in [0.5, 0.6) is 5.75 Å². The number of ether oxygens (including phenoxy) is 3. The normalized spacial score (nSPS) is 17.4. The molecule has 0 N–H and O–H groups in total. The molecule has 6 rings (SSSR count). The van der Waals surface area contributed by atoms with Crippen molar-refractivity contribution in [1.82, 2.24) is 4.31 Å². The highest BCUT2D eigenvalue weighted by Gasteiger charge is 2.59. The van der Waals surface area contributed by atoms with E-state index in [4.69, 9.17) is 19.2 Å². The number of amidine groups is 1. The summed E-state index contributed by atoms with van der Waals surface area (Å²) in [6, 6.07) is 25.5. The molecule has 0 fully saturated rings. The van der Waals surface area contributed by atoms with E-state index in [2.05, 4.69) is 6.58 Å². The zero-order chi connectivity index (χ0) is 38.1. The highest BCUT2D eigenvalue weighted by atomic mass is 32.2. The predicted octanol–water partition coefficient (Wildman–Crippen LogP) is 8.03. The fourth-order valence-electron chi connectivity index (χ4n) is 6.88. The summed E-state index contributed by atoms with van der Waals surface area (Å²) in [6.45, 7) is 8.71. The number of benzene rings is 4. The van der Waals surface area contributed by atoms with Crippen LogP contribution in [0.4, 0.5) is 26.7 Å². The number of hydrogen-bond donors (Lipinski definition) is 0. The van der Waals surface area contributed by atoms with Crippen molar-refractivity contribution in [1.29, 1.82) is 0 Å². The summed E-state index contributed by atoms with van der Waals surface area (Å²) >= 11 is 0. The highest BCUT2D eigenvalue weighted by Crippen LogP contribution is 2.60. The molecule has 4 aromatic carbocycles. The molecule has 0 radical (unpaired) electrons. The van der Waals surface area contributed by atoms with Crippen LogP contribution in [-0.2, 0) is 31.5 Å². The minimum atomic E-state index is -4.68. The van der Waals surface area contributed by atoms with E-state index in [1.165, 1.54) is 12.0 Å². The Morgan fingerprint density at radius 3 is 2.32 bits per heavy atom. The zero-order valence-electron chi connectivity index (χ0n) is 29.6. The molecule has 274 valence electrons.